The molecule has 0 aliphatic carbocycles. The lowest BCUT2D eigenvalue weighted by Gasteiger charge is -2.20. The van der Waals surface area contributed by atoms with Crippen LogP contribution in [0.3, 0.4) is 0 Å². The highest BCUT2D eigenvalue weighted by molar-refractivity contribution is 5.96. The summed E-state index contributed by atoms with van der Waals surface area (Å²) in [5, 5.41) is 3.10. The number of aryl methyl sites for hydroxylation is 2. The summed E-state index contributed by atoms with van der Waals surface area (Å²) >= 11 is 0. The second-order valence-electron chi connectivity index (χ2n) is 7.85. The number of carbonyl (C=O) groups excluding carboxylic acids is 1. The van der Waals surface area contributed by atoms with Crippen molar-refractivity contribution in [3.8, 4) is 11.1 Å². The Hall–Kier alpha value is -2.94. The van der Waals surface area contributed by atoms with E-state index in [4.69, 9.17) is 0 Å². The average Bonchev–Trinajstić information content (AvgIpc) is 2.66. The molecule has 0 spiro atoms. The Balaban J connectivity index is 1.77. The second-order valence-corrected chi connectivity index (χ2v) is 7.85. The van der Waals surface area contributed by atoms with Gasteiger partial charge in [-0.15, -0.1) is 0 Å². The first kappa shape index (κ1) is 19.8. The molecule has 0 radical (unpaired) electrons. The molecule has 3 aromatic rings. The number of benzene rings is 2. The fourth-order valence-corrected chi connectivity index (χ4v) is 3.45. The van der Waals surface area contributed by atoms with Gasteiger partial charge in [0.2, 0.25) is 5.91 Å². The summed E-state index contributed by atoms with van der Waals surface area (Å²) in [7, 11) is 0. The van der Waals surface area contributed by atoms with Gasteiger partial charge in [0.15, 0.2) is 0 Å². The lowest BCUT2D eigenvalue weighted by Crippen LogP contribution is -2.22. The zero-order valence-electron chi connectivity index (χ0n) is 17.1. The number of hydrogen-bond acceptors (Lipinski definition) is 2. The summed E-state index contributed by atoms with van der Waals surface area (Å²) in [6, 6.07) is 20.3. The van der Waals surface area contributed by atoms with E-state index in [1.165, 1.54) is 5.56 Å². The quantitative estimate of drug-likeness (QED) is 0.565. The lowest BCUT2D eigenvalue weighted by atomic mass is 9.88. The molecule has 3 nitrogen and oxygen atoms in total. The van der Waals surface area contributed by atoms with Crippen LogP contribution >= 0.6 is 0 Å². The fourth-order valence-electron chi connectivity index (χ4n) is 3.45. The molecule has 3 rings (SSSR count). The molecule has 0 bridgehead atoms. The smallest absolute Gasteiger partial charge is 0.231 e. The highest BCUT2D eigenvalue weighted by Gasteiger charge is 2.22. The second kappa shape index (κ2) is 8.83. The van der Waals surface area contributed by atoms with Gasteiger partial charge in [0.1, 0.15) is 0 Å². The van der Waals surface area contributed by atoms with Crippen molar-refractivity contribution in [2.75, 3.05) is 5.32 Å². The third kappa shape index (κ3) is 5.07. The van der Waals surface area contributed by atoms with E-state index >= 15 is 0 Å². The maximum Gasteiger partial charge on any atom is 0.231 e. The Labute approximate surface area is 167 Å². The molecular formula is C25H28N2O. The number of rotatable bonds is 6. The van der Waals surface area contributed by atoms with Crippen LogP contribution in [0, 0.1) is 19.8 Å². The van der Waals surface area contributed by atoms with E-state index in [-0.39, 0.29) is 11.8 Å². The molecule has 0 aliphatic heterocycles. The number of aromatic nitrogens is 1. The van der Waals surface area contributed by atoms with Gasteiger partial charge in [-0.25, -0.2) is 0 Å². The number of pyridine rings is 1. The van der Waals surface area contributed by atoms with E-state index in [2.05, 4.69) is 55.3 Å². The average molecular weight is 373 g/mol. The highest BCUT2D eigenvalue weighted by atomic mass is 16.1. The van der Waals surface area contributed by atoms with Crippen LogP contribution in [0.25, 0.3) is 11.1 Å². The standard InChI is InChI=1S/C25H28N2O/c1-17(2)14-24(22-7-5-6-18(3)15-22)25(28)27-23-10-8-20(9-11-23)21-12-13-26-19(4)16-21/h5-13,15-17,24H,14H2,1-4H3,(H,27,28). The monoisotopic (exact) mass is 372 g/mol. The third-order valence-corrected chi connectivity index (χ3v) is 4.85. The Kier molecular flexibility index (Phi) is 6.25. The summed E-state index contributed by atoms with van der Waals surface area (Å²) in [6.07, 6.45) is 2.64. The van der Waals surface area contributed by atoms with E-state index < -0.39 is 0 Å². The number of carbonyl (C=O) groups is 1. The van der Waals surface area contributed by atoms with Crippen molar-refractivity contribution in [3.05, 3.63) is 83.7 Å². The number of hydrogen-bond donors (Lipinski definition) is 1. The molecule has 1 amide bonds. The maximum absolute atomic E-state index is 13.0. The molecular weight excluding hydrogens is 344 g/mol. The minimum atomic E-state index is -0.151. The van der Waals surface area contributed by atoms with Gasteiger partial charge in [-0.3, -0.25) is 9.78 Å². The van der Waals surface area contributed by atoms with Gasteiger partial charge in [-0.2, -0.15) is 0 Å². The molecule has 1 heterocycles. The molecule has 3 heteroatoms. The molecule has 0 saturated carbocycles. The van der Waals surface area contributed by atoms with Crippen molar-refractivity contribution < 1.29 is 4.79 Å². The summed E-state index contributed by atoms with van der Waals surface area (Å²) in [4.78, 5) is 17.3. The summed E-state index contributed by atoms with van der Waals surface area (Å²) in [5.74, 6) is 0.336. The molecule has 2 aromatic carbocycles. The molecule has 144 valence electrons. The van der Waals surface area contributed by atoms with Crippen LogP contribution in [0.2, 0.25) is 0 Å². The Morgan fingerprint density at radius 2 is 1.71 bits per heavy atom. The van der Waals surface area contributed by atoms with Crippen molar-refractivity contribution in [2.45, 2.75) is 40.0 Å². The van der Waals surface area contributed by atoms with Crippen LogP contribution in [0.5, 0.6) is 0 Å². The first-order chi connectivity index (χ1) is 13.4. The van der Waals surface area contributed by atoms with Crippen molar-refractivity contribution in [1.29, 1.82) is 0 Å². The Morgan fingerprint density at radius 3 is 2.36 bits per heavy atom. The van der Waals surface area contributed by atoms with Crippen LogP contribution in [0.4, 0.5) is 5.69 Å². The van der Waals surface area contributed by atoms with Crippen LogP contribution in [0.1, 0.15) is 43.0 Å². The van der Waals surface area contributed by atoms with E-state index in [9.17, 15) is 4.79 Å². The minimum absolute atomic E-state index is 0.0480. The zero-order valence-corrected chi connectivity index (χ0v) is 17.1. The van der Waals surface area contributed by atoms with Gasteiger partial charge in [0, 0.05) is 17.6 Å². The van der Waals surface area contributed by atoms with Gasteiger partial charge in [-0.05, 0) is 67.1 Å². The van der Waals surface area contributed by atoms with E-state index in [0.29, 0.717) is 5.92 Å². The Bertz CT molecular complexity index is 945. The molecule has 1 aromatic heterocycles. The highest BCUT2D eigenvalue weighted by Crippen LogP contribution is 2.27. The number of nitrogens with zero attached hydrogens (tertiary/aromatic N) is 1. The van der Waals surface area contributed by atoms with Crippen LogP contribution in [-0.4, -0.2) is 10.9 Å². The topological polar surface area (TPSA) is 42.0 Å². The number of anilines is 1. The lowest BCUT2D eigenvalue weighted by molar-refractivity contribution is -0.117. The molecule has 28 heavy (non-hydrogen) atoms. The molecule has 0 saturated heterocycles. The summed E-state index contributed by atoms with van der Waals surface area (Å²) in [6.45, 7) is 8.36. The molecule has 0 fully saturated rings. The fraction of sp³-hybridized carbons (Fsp3) is 0.280. The Morgan fingerprint density at radius 1 is 0.964 bits per heavy atom. The van der Waals surface area contributed by atoms with Gasteiger partial charge < -0.3 is 5.32 Å². The molecule has 1 unspecified atom stereocenters. The van der Waals surface area contributed by atoms with Gasteiger partial charge in [0.05, 0.1) is 5.92 Å². The van der Waals surface area contributed by atoms with E-state index in [1.807, 2.05) is 49.5 Å². The maximum atomic E-state index is 13.0. The summed E-state index contributed by atoms with van der Waals surface area (Å²) in [5.41, 5.74) is 6.31. The number of nitrogens with one attached hydrogen (secondary N) is 1. The predicted octanol–water partition coefficient (Wildman–Crippen LogP) is 6.13. The first-order valence-electron chi connectivity index (χ1n) is 9.83. The third-order valence-electron chi connectivity index (χ3n) is 4.85. The summed E-state index contributed by atoms with van der Waals surface area (Å²) < 4.78 is 0. The minimum Gasteiger partial charge on any atom is -0.326 e. The van der Waals surface area contributed by atoms with Gasteiger partial charge in [-0.1, -0.05) is 55.8 Å². The molecule has 0 aliphatic rings. The SMILES string of the molecule is Cc1cccc(C(CC(C)C)C(=O)Nc2ccc(-c3ccnc(C)c3)cc2)c1. The predicted molar refractivity (Wildman–Crippen MR) is 116 cm³/mol. The normalized spacial score (nSPS) is 12.0. The largest absolute Gasteiger partial charge is 0.326 e. The van der Waals surface area contributed by atoms with Gasteiger partial charge >= 0.3 is 0 Å². The number of amides is 1. The van der Waals surface area contributed by atoms with Crippen molar-refractivity contribution >= 4 is 11.6 Å². The van der Waals surface area contributed by atoms with Crippen LogP contribution in [-0.2, 0) is 4.79 Å². The van der Waals surface area contributed by atoms with Crippen molar-refractivity contribution in [3.63, 3.8) is 0 Å². The molecule has 1 atom stereocenters. The van der Waals surface area contributed by atoms with E-state index in [1.54, 1.807) is 0 Å². The van der Waals surface area contributed by atoms with Crippen LogP contribution < -0.4 is 5.32 Å². The van der Waals surface area contributed by atoms with Crippen molar-refractivity contribution in [2.24, 2.45) is 5.92 Å². The first-order valence-corrected chi connectivity index (χ1v) is 9.83. The molecule has 1 N–H and O–H groups in total. The zero-order chi connectivity index (χ0) is 20.1. The van der Waals surface area contributed by atoms with Gasteiger partial charge in [0.25, 0.3) is 0 Å². The van der Waals surface area contributed by atoms with E-state index in [0.717, 1.165) is 34.5 Å². The van der Waals surface area contributed by atoms with Crippen LogP contribution in [0.15, 0.2) is 66.9 Å². The van der Waals surface area contributed by atoms with Crippen molar-refractivity contribution in [1.82, 2.24) is 4.98 Å².